The number of benzene rings is 1. The van der Waals surface area contributed by atoms with Crippen LogP contribution in [0.1, 0.15) is 5.56 Å². The van der Waals surface area contributed by atoms with Crippen LogP contribution >= 0.6 is 11.6 Å². The van der Waals surface area contributed by atoms with Crippen LogP contribution in [0.2, 0.25) is 5.15 Å². The molecule has 3 heterocycles. The highest BCUT2D eigenvalue weighted by Gasteiger charge is 2.16. The molecule has 0 bridgehead atoms. The molecule has 4 rings (SSSR count). The summed E-state index contributed by atoms with van der Waals surface area (Å²) in [7, 11) is 0. The molecule has 0 aliphatic rings. The predicted molar refractivity (Wildman–Crippen MR) is 91.5 cm³/mol. The molecular weight excluding hydrogens is 326 g/mol. The number of aromatic nitrogens is 5. The summed E-state index contributed by atoms with van der Waals surface area (Å²) in [6, 6.07) is 12.9. The zero-order valence-corrected chi connectivity index (χ0v) is 13.3. The lowest BCUT2D eigenvalue weighted by atomic mass is 10.2. The fraction of sp³-hybridized carbons (Fsp3) is 0.0588. The average Bonchev–Trinajstić information content (AvgIpc) is 2.90. The molecule has 0 atom stereocenters. The third-order valence-corrected chi connectivity index (χ3v) is 4.09. The first-order valence-electron chi connectivity index (χ1n) is 7.33. The Balaban J connectivity index is 1.96. The van der Waals surface area contributed by atoms with Gasteiger partial charge < -0.3 is 0 Å². The van der Waals surface area contributed by atoms with Crippen LogP contribution in [0.5, 0.6) is 0 Å². The lowest BCUT2D eigenvalue weighted by Gasteiger charge is -2.04. The topological polar surface area (TPSA) is 65.6 Å². The summed E-state index contributed by atoms with van der Waals surface area (Å²) in [6.07, 6.45) is 4.84. The van der Waals surface area contributed by atoms with Crippen molar-refractivity contribution in [1.82, 2.24) is 24.1 Å². The van der Waals surface area contributed by atoms with Gasteiger partial charge >= 0.3 is 5.69 Å². The van der Waals surface area contributed by atoms with E-state index in [1.807, 2.05) is 30.3 Å². The zero-order chi connectivity index (χ0) is 16.5. The second-order valence-electron chi connectivity index (χ2n) is 5.19. The van der Waals surface area contributed by atoms with E-state index in [2.05, 4.69) is 15.0 Å². The predicted octanol–water partition coefficient (Wildman–Crippen LogP) is 2.68. The minimum Gasteiger partial charge on any atom is -0.287 e. The summed E-state index contributed by atoms with van der Waals surface area (Å²) < 4.78 is 3.15. The number of rotatable bonds is 3. The van der Waals surface area contributed by atoms with E-state index in [4.69, 9.17) is 11.6 Å². The molecule has 0 unspecified atom stereocenters. The van der Waals surface area contributed by atoms with E-state index in [9.17, 15) is 4.79 Å². The quantitative estimate of drug-likeness (QED) is 0.539. The Bertz CT molecular complexity index is 1070. The van der Waals surface area contributed by atoms with Gasteiger partial charge in [0.05, 0.1) is 17.6 Å². The zero-order valence-electron chi connectivity index (χ0n) is 12.5. The molecule has 7 heteroatoms. The van der Waals surface area contributed by atoms with Crippen molar-refractivity contribution in [1.29, 1.82) is 0 Å². The molecule has 0 aliphatic heterocycles. The fourth-order valence-corrected chi connectivity index (χ4v) is 2.85. The highest BCUT2D eigenvalue weighted by atomic mass is 35.5. The SMILES string of the molecule is O=c1n(Cc2cccnc2Cl)c2ccccc2n1-c1ncccn1. The molecule has 0 radical (unpaired) electrons. The monoisotopic (exact) mass is 337 g/mol. The Labute approximate surface area is 142 Å². The maximum Gasteiger partial charge on any atom is 0.336 e. The summed E-state index contributed by atoms with van der Waals surface area (Å²) in [4.78, 5) is 25.5. The molecule has 24 heavy (non-hydrogen) atoms. The average molecular weight is 338 g/mol. The van der Waals surface area contributed by atoms with E-state index in [0.717, 1.165) is 16.6 Å². The minimum atomic E-state index is -0.220. The highest BCUT2D eigenvalue weighted by Crippen LogP contribution is 2.18. The fourth-order valence-electron chi connectivity index (χ4n) is 2.67. The molecule has 4 aromatic rings. The van der Waals surface area contributed by atoms with Crippen LogP contribution in [0.3, 0.4) is 0 Å². The van der Waals surface area contributed by atoms with Crippen LogP contribution < -0.4 is 5.69 Å². The molecule has 118 valence electrons. The number of para-hydroxylation sites is 2. The standard InChI is InChI=1S/C17H12ClN5O/c18-15-12(5-3-8-19-15)11-22-13-6-1-2-7-14(13)23(17(22)24)16-20-9-4-10-21-16/h1-10H,11H2. The number of halogens is 1. The molecule has 0 fully saturated rings. The van der Waals surface area contributed by atoms with Crippen molar-refractivity contribution in [3.05, 3.63) is 82.3 Å². The molecule has 0 N–H and O–H groups in total. The van der Waals surface area contributed by atoms with Gasteiger partial charge in [-0.3, -0.25) is 4.57 Å². The normalized spacial score (nSPS) is 11.0. The summed E-state index contributed by atoms with van der Waals surface area (Å²) >= 11 is 6.14. The molecule has 3 aromatic heterocycles. The lowest BCUT2D eigenvalue weighted by molar-refractivity contribution is 0.748. The molecule has 0 saturated heterocycles. The van der Waals surface area contributed by atoms with Gasteiger partial charge in [-0.1, -0.05) is 29.8 Å². The van der Waals surface area contributed by atoms with Gasteiger partial charge in [-0.15, -0.1) is 0 Å². The summed E-state index contributed by atoms with van der Waals surface area (Å²) in [5.74, 6) is 0.342. The van der Waals surface area contributed by atoms with Gasteiger partial charge in [-0.25, -0.2) is 24.3 Å². The van der Waals surface area contributed by atoms with E-state index in [-0.39, 0.29) is 5.69 Å². The van der Waals surface area contributed by atoms with E-state index in [0.29, 0.717) is 17.6 Å². The summed E-state index contributed by atoms with van der Waals surface area (Å²) in [5.41, 5.74) is 2.09. The number of nitrogens with zero attached hydrogens (tertiary/aromatic N) is 5. The maximum absolute atomic E-state index is 13.0. The van der Waals surface area contributed by atoms with Crippen LogP contribution in [-0.4, -0.2) is 24.1 Å². The van der Waals surface area contributed by atoms with Crippen LogP contribution in [0.25, 0.3) is 17.0 Å². The number of pyridine rings is 1. The van der Waals surface area contributed by atoms with Crippen LogP contribution in [0.15, 0.2) is 65.8 Å². The van der Waals surface area contributed by atoms with E-state index >= 15 is 0 Å². The van der Waals surface area contributed by atoms with E-state index < -0.39 is 0 Å². The molecule has 0 spiro atoms. The second kappa shape index (κ2) is 5.90. The summed E-state index contributed by atoms with van der Waals surface area (Å²) in [6.45, 7) is 0.325. The van der Waals surface area contributed by atoms with Crippen molar-refractivity contribution in [2.45, 2.75) is 6.54 Å². The van der Waals surface area contributed by atoms with E-state index in [1.54, 1.807) is 35.3 Å². The van der Waals surface area contributed by atoms with Crippen molar-refractivity contribution in [3.8, 4) is 5.95 Å². The van der Waals surface area contributed by atoms with Crippen LogP contribution in [-0.2, 0) is 6.54 Å². The Morgan fingerprint density at radius 3 is 2.33 bits per heavy atom. The number of hydrogen-bond donors (Lipinski definition) is 0. The van der Waals surface area contributed by atoms with Crippen molar-refractivity contribution >= 4 is 22.6 Å². The van der Waals surface area contributed by atoms with Gasteiger partial charge in [0.25, 0.3) is 0 Å². The first kappa shape index (κ1) is 14.6. The van der Waals surface area contributed by atoms with Gasteiger partial charge in [-0.05, 0) is 24.3 Å². The van der Waals surface area contributed by atoms with Crippen LogP contribution in [0.4, 0.5) is 0 Å². The Morgan fingerprint density at radius 2 is 1.58 bits per heavy atom. The van der Waals surface area contributed by atoms with Crippen molar-refractivity contribution in [2.24, 2.45) is 0 Å². The molecular formula is C17H12ClN5O. The van der Waals surface area contributed by atoms with Crippen LogP contribution in [0, 0.1) is 0 Å². The smallest absolute Gasteiger partial charge is 0.287 e. The van der Waals surface area contributed by atoms with E-state index in [1.165, 1.54) is 4.57 Å². The van der Waals surface area contributed by atoms with Gasteiger partial charge in [-0.2, -0.15) is 0 Å². The molecule has 0 amide bonds. The number of fused-ring (bicyclic) bond motifs is 1. The molecule has 6 nitrogen and oxygen atoms in total. The van der Waals surface area contributed by atoms with Gasteiger partial charge in [0, 0.05) is 24.2 Å². The van der Waals surface area contributed by atoms with Gasteiger partial charge in [0.1, 0.15) is 5.15 Å². The Hall–Kier alpha value is -2.99. The second-order valence-corrected chi connectivity index (χ2v) is 5.55. The first-order valence-corrected chi connectivity index (χ1v) is 7.70. The maximum atomic E-state index is 13.0. The lowest BCUT2D eigenvalue weighted by Crippen LogP contribution is -2.25. The Kier molecular flexibility index (Phi) is 3.59. The molecule has 1 aromatic carbocycles. The summed E-state index contributed by atoms with van der Waals surface area (Å²) in [5, 5.41) is 0.386. The van der Waals surface area contributed by atoms with Crippen molar-refractivity contribution < 1.29 is 0 Å². The van der Waals surface area contributed by atoms with Gasteiger partial charge in [0.15, 0.2) is 0 Å². The Morgan fingerprint density at radius 1 is 0.875 bits per heavy atom. The third-order valence-electron chi connectivity index (χ3n) is 3.75. The molecule has 0 aliphatic carbocycles. The van der Waals surface area contributed by atoms with Crippen molar-refractivity contribution in [2.75, 3.05) is 0 Å². The highest BCUT2D eigenvalue weighted by molar-refractivity contribution is 6.30. The number of hydrogen-bond acceptors (Lipinski definition) is 4. The first-order chi connectivity index (χ1) is 11.8. The van der Waals surface area contributed by atoms with Crippen molar-refractivity contribution in [3.63, 3.8) is 0 Å². The molecule has 0 saturated carbocycles. The number of imidazole rings is 1. The van der Waals surface area contributed by atoms with Gasteiger partial charge in [0.2, 0.25) is 5.95 Å². The minimum absolute atomic E-state index is 0.220. The third kappa shape index (κ3) is 2.37. The largest absolute Gasteiger partial charge is 0.336 e.